The Hall–Kier alpha value is -2.92. The zero-order valence-corrected chi connectivity index (χ0v) is 12.8. The second kappa shape index (κ2) is 6.89. The van der Waals surface area contributed by atoms with Gasteiger partial charge in [0.2, 0.25) is 0 Å². The van der Waals surface area contributed by atoms with Crippen molar-refractivity contribution in [3.8, 4) is 0 Å². The highest BCUT2D eigenvalue weighted by Crippen LogP contribution is 2.17. The molecule has 5 nitrogen and oxygen atoms in total. The highest BCUT2D eigenvalue weighted by Gasteiger charge is 2.17. The zero-order valence-electron chi connectivity index (χ0n) is 12.8. The molecule has 2 aromatic carbocycles. The number of pyridine rings is 1. The molecule has 116 valence electrons. The lowest BCUT2D eigenvalue weighted by Crippen LogP contribution is -2.39. The Balaban J connectivity index is 1.69. The number of hydrogen-bond donors (Lipinski definition) is 3. The standard InChI is InChI=1S/C18H18N4O/c1-19-17(13-5-3-2-4-6-13)18(23)22-21-16-8-7-15-12-20-10-9-14(15)11-16/h2-12,17,19,21H,1H3,(H,22,23). The predicted molar refractivity (Wildman–Crippen MR) is 91.8 cm³/mol. The molecule has 0 fully saturated rings. The van der Waals surface area contributed by atoms with E-state index in [9.17, 15) is 4.79 Å². The van der Waals surface area contributed by atoms with Crippen molar-refractivity contribution in [1.29, 1.82) is 0 Å². The van der Waals surface area contributed by atoms with Gasteiger partial charge in [0.25, 0.3) is 5.91 Å². The highest BCUT2D eigenvalue weighted by molar-refractivity contribution is 5.87. The monoisotopic (exact) mass is 306 g/mol. The first kappa shape index (κ1) is 15.0. The van der Waals surface area contributed by atoms with Gasteiger partial charge in [0.05, 0.1) is 5.69 Å². The smallest absolute Gasteiger partial charge is 0.260 e. The topological polar surface area (TPSA) is 66.1 Å². The van der Waals surface area contributed by atoms with Crippen LogP contribution in [0.2, 0.25) is 0 Å². The van der Waals surface area contributed by atoms with E-state index in [0.29, 0.717) is 0 Å². The number of hydrazine groups is 1. The van der Waals surface area contributed by atoms with Crippen LogP contribution in [-0.2, 0) is 4.79 Å². The molecule has 5 heteroatoms. The van der Waals surface area contributed by atoms with Crippen LogP contribution < -0.4 is 16.2 Å². The zero-order chi connectivity index (χ0) is 16.1. The Morgan fingerprint density at radius 1 is 1.04 bits per heavy atom. The number of anilines is 1. The van der Waals surface area contributed by atoms with Gasteiger partial charge in [-0.15, -0.1) is 0 Å². The van der Waals surface area contributed by atoms with Crippen LogP contribution in [0.3, 0.4) is 0 Å². The maximum Gasteiger partial charge on any atom is 0.260 e. The van der Waals surface area contributed by atoms with Gasteiger partial charge in [-0.2, -0.15) is 0 Å². The number of carbonyl (C=O) groups excluding carboxylic acids is 1. The van der Waals surface area contributed by atoms with Crippen molar-refractivity contribution in [1.82, 2.24) is 15.7 Å². The number of carbonyl (C=O) groups is 1. The summed E-state index contributed by atoms with van der Waals surface area (Å²) in [5.41, 5.74) is 7.44. The SMILES string of the molecule is CNC(C(=O)NNc1ccc2cnccc2c1)c1ccccc1. The third kappa shape index (κ3) is 3.46. The van der Waals surface area contributed by atoms with Gasteiger partial charge in [0, 0.05) is 17.8 Å². The van der Waals surface area contributed by atoms with Gasteiger partial charge in [-0.3, -0.25) is 20.6 Å². The Bertz CT molecular complexity index is 804. The third-order valence-corrected chi connectivity index (χ3v) is 3.65. The summed E-state index contributed by atoms with van der Waals surface area (Å²) in [5, 5.41) is 5.14. The van der Waals surface area contributed by atoms with Crippen LogP contribution in [0.4, 0.5) is 5.69 Å². The molecule has 3 N–H and O–H groups in total. The average Bonchev–Trinajstić information content (AvgIpc) is 2.61. The quantitative estimate of drug-likeness (QED) is 0.634. The van der Waals surface area contributed by atoms with Crippen molar-refractivity contribution in [2.75, 3.05) is 12.5 Å². The Labute approximate surface area is 134 Å². The molecule has 0 radical (unpaired) electrons. The average molecular weight is 306 g/mol. The summed E-state index contributed by atoms with van der Waals surface area (Å²) in [7, 11) is 1.76. The van der Waals surface area contributed by atoms with Gasteiger partial charge in [-0.25, -0.2) is 0 Å². The summed E-state index contributed by atoms with van der Waals surface area (Å²) in [6.07, 6.45) is 3.56. The number of likely N-dealkylation sites (N-methyl/N-ethyl adjacent to an activating group) is 1. The first-order chi connectivity index (χ1) is 11.3. The van der Waals surface area contributed by atoms with Crippen LogP contribution in [-0.4, -0.2) is 17.9 Å². The van der Waals surface area contributed by atoms with E-state index in [4.69, 9.17) is 0 Å². The van der Waals surface area contributed by atoms with Crippen molar-refractivity contribution >= 4 is 22.4 Å². The van der Waals surface area contributed by atoms with E-state index in [1.54, 1.807) is 13.2 Å². The number of aromatic nitrogens is 1. The van der Waals surface area contributed by atoms with Crippen LogP contribution in [0, 0.1) is 0 Å². The van der Waals surface area contributed by atoms with Crippen molar-refractivity contribution in [3.05, 3.63) is 72.6 Å². The summed E-state index contributed by atoms with van der Waals surface area (Å²) in [5.74, 6) is -0.145. The second-order valence-corrected chi connectivity index (χ2v) is 5.18. The van der Waals surface area contributed by atoms with Crippen LogP contribution >= 0.6 is 0 Å². The minimum atomic E-state index is -0.409. The maximum atomic E-state index is 12.4. The predicted octanol–water partition coefficient (Wildman–Crippen LogP) is 2.64. The molecule has 1 heterocycles. The van der Waals surface area contributed by atoms with Gasteiger partial charge in [0.1, 0.15) is 6.04 Å². The molecular formula is C18H18N4O. The van der Waals surface area contributed by atoms with Gasteiger partial charge in [0.15, 0.2) is 0 Å². The normalized spacial score (nSPS) is 11.9. The fraction of sp³-hybridized carbons (Fsp3) is 0.111. The van der Waals surface area contributed by atoms with Gasteiger partial charge in [-0.05, 0) is 36.2 Å². The molecule has 3 aromatic rings. The number of nitrogens with one attached hydrogen (secondary N) is 3. The largest absolute Gasteiger partial charge is 0.305 e. The van der Waals surface area contributed by atoms with Crippen LogP contribution in [0.25, 0.3) is 10.8 Å². The lowest BCUT2D eigenvalue weighted by atomic mass is 10.1. The maximum absolute atomic E-state index is 12.4. The molecule has 1 unspecified atom stereocenters. The first-order valence-corrected chi connectivity index (χ1v) is 7.40. The van der Waals surface area contributed by atoms with Gasteiger partial charge < -0.3 is 5.32 Å². The lowest BCUT2D eigenvalue weighted by Gasteiger charge is -2.17. The van der Waals surface area contributed by atoms with E-state index < -0.39 is 6.04 Å². The number of amides is 1. The second-order valence-electron chi connectivity index (χ2n) is 5.18. The van der Waals surface area contributed by atoms with Crippen LogP contribution in [0.5, 0.6) is 0 Å². The van der Waals surface area contributed by atoms with E-state index in [0.717, 1.165) is 22.0 Å². The minimum absolute atomic E-state index is 0.145. The Morgan fingerprint density at radius 3 is 2.65 bits per heavy atom. The molecule has 0 bridgehead atoms. The van der Waals surface area contributed by atoms with Crippen molar-refractivity contribution in [2.24, 2.45) is 0 Å². The summed E-state index contributed by atoms with van der Waals surface area (Å²) in [4.78, 5) is 16.5. The molecule has 0 saturated heterocycles. The number of rotatable bonds is 5. The fourth-order valence-electron chi connectivity index (χ4n) is 2.46. The minimum Gasteiger partial charge on any atom is -0.305 e. The third-order valence-electron chi connectivity index (χ3n) is 3.65. The molecule has 0 saturated carbocycles. The lowest BCUT2D eigenvalue weighted by molar-refractivity contribution is -0.122. The number of hydrogen-bond acceptors (Lipinski definition) is 4. The van der Waals surface area contributed by atoms with E-state index in [1.165, 1.54) is 0 Å². The molecule has 0 aliphatic carbocycles. The molecule has 23 heavy (non-hydrogen) atoms. The van der Waals surface area contributed by atoms with Crippen molar-refractivity contribution < 1.29 is 4.79 Å². The summed E-state index contributed by atoms with van der Waals surface area (Å²) in [6.45, 7) is 0. The Kier molecular flexibility index (Phi) is 4.49. The van der Waals surface area contributed by atoms with Crippen molar-refractivity contribution in [2.45, 2.75) is 6.04 Å². The fourth-order valence-corrected chi connectivity index (χ4v) is 2.46. The van der Waals surface area contributed by atoms with E-state index in [2.05, 4.69) is 21.2 Å². The van der Waals surface area contributed by atoms with Gasteiger partial charge >= 0.3 is 0 Å². The molecule has 1 aromatic heterocycles. The molecular weight excluding hydrogens is 288 g/mol. The molecule has 0 spiro atoms. The number of benzene rings is 2. The summed E-state index contributed by atoms with van der Waals surface area (Å²) >= 11 is 0. The molecule has 0 aliphatic rings. The van der Waals surface area contributed by atoms with E-state index >= 15 is 0 Å². The molecule has 1 atom stereocenters. The summed E-state index contributed by atoms with van der Waals surface area (Å²) < 4.78 is 0. The highest BCUT2D eigenvalue weighted by atomic mass is 16.2. The van der Waals surface area contributed by atoms with Gasteiger partial charge in [-0.1, -0.05) is 36.4 Å². The molecule has 3 rings (SSSR count). The first-order valence-electron chi connectivity index (χ1n) is 7.40. The molecule has 0 aliphatic heterocycles. The number of fused-ring (bicyclic) bond motifs is 1. The van der Waals surface area contributed by atoms with E-state index in [1.807, 2.05) is 60.8 Å². The Morgan fingerprint density at radius 2 is 1.87 bits per heavy atom. The van der Waals surface area contributed by atoms with Crippen molar-refractivity contribution in [3.63, 3.8) is 0 Å². The summed E-state index contributed by atoms with van der Waals surface area (Å²) in [6, 6.07) is 17.0. The van der Waals surface area contributed by atoms with E-state index in [-0.39, 0.29) is 5.91 Å². The molecule has 1 amide bonds. The van der Waals surface area contributed by atoms with Crippen LogP contribution in [0.15, 0.2) is 67.0 Å². The number of nitrogens with zero attached hydrogens (tertiary/aromatic N) is 1. The van der Waals surface area contributed by atoms with Crippen LogP contribution in [0.1, 0.15) is 11.6 Å².